The molecule has 2 aromatic heterocycles. The molecule has 1 aromatic carbocycles. The average molecular weight is 610 g/mol. The lowest BCUT2D eigenvalue weighted by Crippen LogP contribution is -2.24. The number of rotatable bonds is 25. The van der Waals surface area contributed by atoms with Crippen molar-refractivity contribution in [3.8, 4) is 5.75 Å². The SMILES string of the molecule is CCCCCCCCCCCCCCCCCC(=O)NCCCCOc1cccc2nc(N)c3nc(COCC)n(C)c3c12. The maximum absolute atomic E-state index is 12.3. The summed E-state index contributed by atoms with van der Waals surface area (Å²) in [5.41, 5.74) is 8.61. The highest BCUT2D eigenvalue weighted by Crippen LogP contribution is 2.34. The molecular formula is C36H59N5O3. The van der Waals surface area contributed by atoms with Gasteiger partial charge in [-0.25, -0.2) is 9.97 Å². The van der Waals surface area contributed by atoms with Gasteiger partial charge in [0.1, 0.15) is 23.7 Å². The number of amides is 1. The van der Waals surface area contributed by atoms with Crippen LogP contribution in [0.2, 0.25) is 0 Å². The molecule has 0 saturated carbocycles. The monoisotopic (exact) mass is 609 g/mol. The molecule has 8 nitrogen and oxygen atoms in total. The largest absolute Gasteiger partial charge is 0.493 e. The van der Waals surface area contributed by atoms with E-state index < -0.39 is 0 Å². The van der Waals surface area contributed by atoms with Crippen molar-refractivity contribution in [2.24, 2.45) is 7.05 Å². The molecule has 0 fully saturated rings. The number of benzene rings is 1. The standard InChI is InChI=1S/C36H59N5O3/c1-4-6-7-8-9-10-11-12-13-14-15-16-17-18-19-25-32(42)38-26-20-21-27-44-30-24-22-23-29-33(30)35-34(36(37)39-29)40-31(41(35)3)28-43-5-2/h22-24H,4-21,25-28H2,1-3H3,(H2,37,39)(H,38,42). The Kier molecular flexibility index (Phi) is 17.0. The van der Waals surface area contributed by atoms with Crippen LogP contribution in [0.5, 0.6) is 5.75 Å². The van der Waals surface area contributed by atoms with Gasteiger partial charge in [-0.2, -0.15) is 0 Å². The van der Waals surface area contributed by atoms with Gasteiger partial charge in [0.05, 0.1) is 23.0 Å². The van der Waals surface area contributed by atoms with Crippen LogP contribution < -0.4 is 15.8 Å². The molecule has 0 radical (unpaired) electrons. The van der Waals surface area contributed by atoms with E-state index in [0.29, 0.717) is 44.1 Å². The lowest BCUT2D eigenvalue weighted by Gasteiger charge is -2.12. The summed E-state index contributed by atoms with van der Waals surface area (Å²) in [5.74, 6) is 2.14. The van der Waals surface area contributed by atoms with Crippen LogP contribution in [-0.2, 0) is 23.2 Å². The first-order valence-electron chi connectivity index (χ1n) is 17.6. The van der Waals surface area contributed by atoms with Crippen molar-refractivity contribution in [1.29, 1.82) is 0 Å². The van der Waals surface area contributed by atoms with Crippen LogP contribution in [0.15, 0.2) is 18.2 Å². The molecule has 3 N–H and O–H groups in total. The van der Waals surface area contributed by atoms with E-state index in [2.05, 4.69) is 17.2 Å². The Hall–Kier alpha value is -2.87. The van der Waals surface area contributed by atoms with Crippen LogP contribution in [0.3, 0.4) is 0 Å². The second-order valence-corrected chi connectivity index (χ2v) is 12.2. The van der Waals surface area contributed by atoms with E-state index in [0.717, 1.165) is 53.7 Å². The minimum absolute atomic E-state index is 0.166. The van der Waals surface area contributed by atoms with E-state index in [9.17, 15) is 4.79 Å². The quantitative estimate of drug-likeness (QED) is 0.0931. The Labute approximate surface area is 265 Å². The Balaban J connectivity index is 1.24. The first kappa shape index (κ1) is 35.6. The molecule has 0 aliphatic rings. The Morgan fingerprint density at radius 3 is 2.11 bits per heavy atom. The van der Waals surface area contributed by atoms with E-state index in [1.807, 2.05) is 36.7 Å². The summed E-state index contributed by atoms with van der Waals surface area (Å²) in [6.45, 7) is 6.52. The van der Waals surface area contributed by atoms with Crippen molar-refractivity contribution in [2.75, 3.05) is 25.5 Å². The molecule has 246 valence electrons. The number of aryl methyl sites for hydroxylation is 1. The summed E-state index contributed by atoms with van der Waals surface area (Å²) in [6, 6.07) is 5.85. The number of aromatic nitrogens is 3. The number of nitrogens with one attached hydrogen (secondary N) is 1. The normalized spacial score (nSPS) is 11.5. The molecule has 3 rings (SSSR count). The third-order valence-corrected chi connectivity index (χ3v) is 8.51. The van der Waals surface area contributed by atoms with E-state index in [4.69, 9.17) is 20.2 Å². The number of hydrogen-bond acceptors (Lipinski definition) is 6. The molecule has 0 bridgehead atoms. The second-order valence-electron chi connectivity index (χ2n) is 12.2. The number of carbonyl (C=O) groups is 1. The van der Waals surface area contributed by atoms with Crippen molar-refractivity contribution < 1.29 is 14.3 Å². The Morgan fingerprint density at radius 1 is 0.841 bits per heavy atom. The van der Waals surface area contributed by atoms with Crippen LogP contribution >= 0.6 is 0 Å². The second kappa shape index (κ2) is 21.0. The summed E-state index contributed by atoms with van der Waals surface area (Å²) in [6.07, 6.45) is 22.4. The molecule has 44 heavy (non-hydrogen) atoms. The highest BCUT2D eigenvalue weighted by molar-refractivity contribution is 6.09. The fourth-order valence-electron chi connectivity index (χ4n) is 5.87. The van der Waals surface area contributed by atoms with Crippen molar-refractivity contribution in [2.45, 2.75) is 136 Å². The maximum atomic E-state index is 12.3. The van der Waals surface area contributed by atoms with Gasteiger partial charge in [0.15, 0.2) is 5.82 Å². The van der Waals surface area contributed by atoms with E-state index in [-0.39, 0.29) is 5.91 Å². The Bertz CT molecular complexity index is 1240. The smallest absolute Gasteiger partial charge is 0.219 e. The predicted molar refractivity (Wildman–Crippen MR) is 183 cm³/mol. The first-order valence-corrected chi connectivity index (χ1v) is 17.6. The molecule has 0 saturated heterocycles. The number of nitrogens with zero attached hydrogens (tertiary/aromatic N) is 3. The number of ether oxygens (including phenoxy) is 2. The van der Waals surface area contributed by atoms with Gasteiger partial charge in [-0.15, -0.1) is 0 Å². The number of pyridine rings is 1. The third kappa shape index (κ3) is 11.9. The van der Waals surface area contributed by atoms with Gasteiger partial charge in [0.25, 0.3) is 0 Å². The van der Waals surface area contributed by atoms with Gasteiger partial charge in [-0.1, -0.05) is 103 Å². The van der Waals surface area contributed by atoms with Gasteiger partial charge < -0.3 is 25.1 Å². The van der Waals surface area contributed by atoms with Crippen LogP contribution in [0, 0.1) is 0 Å². The molecule has 0 aliphatic carbocycles. The molecule has 0 atom stereocenters. The van der Waals surface area contributed by atoms with Crippen molar-refractivity contribution in [1.82, 2.24) is 19.9 Å². The zero-order valence-electron chi connectivity index (χ0n) is 27.9. The van der Waals surface area contributed by atoms with Gasteiger partial charge in [-0.05, 0) is 38.3 Å². The summed E-state index contributed by atoms with van der Waals surface area (Å²) < 4.78 is 13.8. The minimum Gasteiger partial charge on any atom is -0.493 e. The van der Waals surface area contributed by atoms with Crippen molar-refractivity contribution in [3.63, 3.8) is 0 Å². The van der Waals surface area contributed by atoms with E-state index in [1.165, 1.54) is 83.5 Å². The number of anilines is 1. The molecule has 0 spiro atoms. The molecule has 1 amide bonds. The van der Waals surface area contributed by atoms with Gasteiger partial charge in [0.2, 0.25) is 5.91 Å². The van der Waals surface area contributed by atoms with Crippen molar-refractivity contribution >= 4 is 33.7 Å². The molecule has 0 unspecified atom stereocenters. The number of unbranched alkanes of at least 4 members (excludes halogenated alkanes) is 15. The summed E-state index contributed by atoms with van der Waals surface area (Å²) in [4.78, 5) is 21.5. The lowest BCUT2D eigenvalue weighted by molar-refractivity contribution is -0.121. The Morgan fingerprint density at radius 2 is 1.48 bits per heavy atom. The third-order valence-electron chi connectivity index (χ3n) is 8.51. The molecule has 8 heteroatoms. The van der Waals surface area contributed by atoms with Crippen LogP contribution in [0.25, 0.3) is 21.9 Å². The number of imidazole rings is 1. The lowest BCUT2D eigenvalue weighted by atomic mass is 10.0. The first-order chi connectivity index (χ1) is 21.6. The van der Waals surface area contributed by atoms with Crippen LogP contribution in [0.4, 0.5) is 5.82 Å². The van der Waals surface area contributed by atoms with E-state index in [1.54, 1.807) is 0 Å². The van der Waals surface area contributed by atoms with Crippen LogP contribution in [-0.4, -0.2) is 40.2 Å². The number of fused-ring (bicyclic) bond motifs is 3. The molecular weight excluding hydrogens is 550 g/mol. The summed E-state index contributed by atoms with van der Waals surface area (Å²) in [5, 5.41) is 3.98. The topological polar surface area (TPSA) is 104 Å². The zero-order valence-corrected chi connectivity index (χ0v) is 27.9. The number of nitrogen functional groups attached to an aromatic ring is 1. The highest BCUT2D eigenvalue weighted by Gasteiger charge is 2.18. The predicted octanol–water partition coefficient (Wildman–Crippen LogP) is 8.78. The van der Waals surface area contributed by atoms with Crippen LogP contribution in [0.1, 0.15) is 135 Å². The fourth-order valence-corrected chi connectivity index (χ4v) is 5.87. The minimum atomic E-state index is 0.166. The number of nitrogens with two attached hydrogens (primary N) is 1. The number of carbonyl (C=O) groups excluding carboxylic acids is 1. The fraction of sp³-hybridized carbons (Fsp3) is 0.694. The summed E-state index contributed by atoms with van der Waals surface area (Å²) in [7, 11) is 1.97. The average Bonchev–Trinajstić information content (AvgIpc) is 3.36. The van der Waals surface area contributed by atoms with Crippen molar-refractivity contribution in [3.05, 3.63) is 24.0 Å². The molecule has 2 heterocycles. The van der Waals surface area contributed by atoms with Gasteiger partial charge in [0, 0.05) is 26.6 Å². The molecule has 0 aliphatic heterocycles. The van der Waals surface area contributed by atoms with Gasteiger partial charge in [-0.3, -0.25) is 4.79 Å². The van der Waals surface area contributed by atoms with Gasteiger partial charge >= 0.3 is 0 Å². The number of hydrogen-bond donors (Lipinski definition) is 2. The van der Waals surface area contributed by atoms with E-state index >= 15 is 0 Å². The maximum Gasteiger partial charge on any atom is 0.219 e. The summed E-state index contributed by atoms with van der Waals surface area (Å²) >= 11 is 0. The molecule has 3 aromatic rings. The zero-order chi connectivity index (χ0) is 31.4. The highest BCUT2D eigenvalue weighted by atomic mass is 16.5.